The van der Waals surface area contributed by atoms with Crippen LogP contribution < -0.4 is 5.73 Å². The summed E-state index contributed by atoms with van der Waals surface area (Å²) in [5, 5.41) is 8.85. The van der Waals surface area contributed by atoms with Gasteiger partial charge in [-0.25, -0.2) is 0 Å². The molecule has 0 saturated heterocycles. The highest BCUT2D eigenvalue weighted by Gasteiger charge is 2.25. The topological polar surface area (TPSA) is 62.3 Å². The molecule has 0 radical (unpaired) electrons. The predicted molar refractivity (Wildman–Crippen MR) is 61.4 cm³/mol. The van der Waals surface area contributed by atoms with Crippen LogP contribution in [0.15, 0.2) is 0 Å². The molecule has 0 fully saturated rings. The lowest BCUT2D eigenvalue weighted by Crippen LogP contribution is -2.46. The number of ether oxygens (including phenoxy) is 1. The molecular formula is C11H23N3O. The Balaban J connectivity index is 4.21. The lowest BCUT2D eigenvalue weighted by atomic mass is 9.95. The van der Waals surface area contributed by atoms with Crippen LogP contribution in [-0.4, -0.2) is 43.3 Å². The van der Waals surface area contributed by atoms with Crippen molar-refractivity contribution in [1.29, 1.82) is 5.26 Å². The molecule has 0 bridgehead atoms. The first kappa shape index (κ1) is 14.4. The van der Waals surface area contributed by atoms with Crippen LogP contribution in [0.25, 0.3) is 0 Å². The third-order valence-electron chi connectivity index (χ3n) is 2.77. The van der Waals surface area contributed by atoms with Crippen LogP contribution in [0.1, 0.15) is 27.2 Å². The lowest BCUT2D eigenvalue weighted by Gasteiger charge is -2.33. The maximum Gasteiger partial charge on any atom is 0.102 e. The Hall–Kier alpha value is -0.630. The van der Waals surface area contributed by atoms with E-state index in [2.05, 4.69) is 24.8 Å². The van der Waals surface area contributed by atoms with E-state index in [4.69, 9.17) is 15.7 Å². The Labute approximate surface area is 93.0 Å². The number of nitrogens with two attached hydrogens (primary N) is 1. The van der Waals surface area contributed by atoms with Gasteiger partial charge in [-0.1, -0.05) is 0 Å². The molecule has 0 aliphatic carbocycles. The second-order valence-corrected chi connectivity index (χ2v) is 4.55. The average molecular weight is 213 g/mol. The molecule has 4 heteroatoms. The zero-order valence-electron chi connectivity index (χ0n) is 10.4. The fourth-order valence-corrected chi connectivity index (χ4v) is 1.60. The Morgan fingerprint density at radius 1 is 1.47 bits per heavy atom. The summed E-state index contributed by atoms with van der Waals surface area (Å²) in [7, 11) is 3.72. The third kappa shape index (κ3) is 5.12. The van der Waals surface area contributed by atoms with Crippen molar-refractivity contribution in [3.8, 4) is 6.07 Å². The smallest absolute Gasteiger partial charge is 0.102 e. The van der Waals surface area contributed by atoms with E-state index in [1.807, 2.05) is 7.05 Å². The molecule has 0 rings (SSSR count). The minimum atomic E-state index is -0.750. The lowest BCUT2D eigenvalue weighted by molar-refractivity contribution is 0.0872. The number of rotatable bonds is 6. The zero-order chi connectivity index (χ0) is 12.1. The quantitative estimate of drug-likeness (QED) is 0.714. The Morgan fingerprint density at radius 3 is 2.40 bits per heavy atom. The van der Waals surface area contributed by atoms with Gasteiger partial charge in [0.2, 0.25) is 0 Å². The van der Waals surface area contributed by atoms with Gasteiger partial charge < -0.3 is 10.5 Å². The van der Waals surface area contributed by atoms with Crippen LogP contribution in [0, 0.1) is 11.3 Å². The van der Waals surface area contributed by atoms with Crippen molar-refractivity contribution >= 4 is 0 Å². The van der Waals surface area contributed by atoms with E-state index < -0.39 is 5.54 Å². The van der Waals surface area contributed by atoms with E-state index >= 15 is 0 Å². The highest BCUT2D eigenvalue weighted by molar-refractivity contribution is 5.02. The van der Waals surface area contributed by atoms with Crippen molar-refractivity contribution in [3.05, 3.63) is 0 Å². The number of nitrogens with zero attached hydrogens (tertiary/aromatic N) is 2. The normalized spacial score (nSPS) is 19.3. The van der Waals surface area contributed by atoms with Gasteiger partial charge in [0.25, 0.3) is 0 Å². The van der Waals surface area contributed by atoms with Crippen molar-refractivity contribution in [2.24, 2.45) is 5.73 Å². The third-order valence-corrected chi connectivity index (χ3v) is 2.77. The van der Waals surface area contributed by atoms with Gasteiger partial charge in [-0.05, 0) is 34.2 Å². The average Bonchev–Trinajstić information content (AvgIpc) is 2.16. The zero-order valence-corrected chi connectivity index (χ0v) is 10.4. The van der Waals surface area contributed by atoms with Crippen molar-refractivity contribution in [2.75, 3.05) is 20.8 Å². The molecule has 0 aliphatic rings. The summed E-state index contributed by atoms with van der Waals surface area (Å²) >= 11 is 0. The van der Waals surface area contributed by atoms with E-state index in [1.165, 1.54) is 0 Å². The highest BCUT2D eigenvalue weighted by Crippen LogP contribution is 2.14. The van der Waals surface area contributed by atoms with E-state index in [9.17, 15) is 0 Å². The molecule has 0 aromatic rings. The van der Waals surface area contributed by atoms with Gasteiger partial charge in [0.15, 0.2) is 0 Å². The molecular weight excluding hydrogens is 190 g/mol. The number of hydrogen-bond acceptors (Lipinski definition) is 4. The number of methoxy groups -OCH3 is 1. The molecule has 15 heavy (non-hydrogen) atoms. The minimum absolute atomic E-state index is 0.268. The molecule has 0 amide bonds. The largest absolute Gasteiger partial charge is 0.383 e. The SMILES string of the molecule is COCC(C)N(C)C(C)CC(C)(N)C#N. The molecule has 0 aliphatic heterocycles. The molecule has 88 valence electrons. The standard InChI is InChI=1S/C11H23N3O/c1-9(6-11(3,13)8-12)14(4)10(2)7-15-5/h9-10H,6-7,13H2,1-5H3. The molecule has 3 unspecified atom stereocenters. The molecule has 4 nitrogen and oxygen atoms in total. The van der Waals surface area contributed by atoms with Gasteiger partial charge in [-0.2, -0.15) is 5.26 Å². The van der Waals surface area contributed by atoms with Crippen LogP contribution in [0.5, 0.6) is 0 Å². The van der Waals surface area contributed by atoms with Crippen LogP contribution in [-0.2, 0) is 4.74 Å². The second kappa shape index (κ2) is 6.06. The van der Waals surface area contributed by atoms with Gasteiger partial charge in [0.1, 0.15) is 5.54 Å². The summed E-state index contributed by atoms with van der Waals surface area (Å²) < 4.78 is 5.09. The van der Waals surface area contributed by atoms with E-state index in [-0.39, 0.29) is 6.04 Å². The second-order valence-electron chi connectivity index (χ2n) is 4.55. The maximum absolute atomic E-state index is 8.85. The fourth-order valence-electron chi connectivity index (χ4n) is 1.60. The summed E-state index contributed by atoms with van der Waals surface area (Å²) in [4.78, 5) is 2.19. The fraction of sp³-hybridized carbons (Fsp3) is 0.909. The van der Waals surface area contributed by atoms with E-state index in [1.54, 1.807) is 14.0 Å². The van der Waals surface area contributed by atoms with Crippen LogP contribution in [0.2, 0.25) is 0 Å². The van der Waals surface area contributed by atoms with Gasteiger partial charge in [-0.15, -0.1) is 0 Å². The number of likely N-dealkylation sites (N-methyl/N-ethyl adjacent to an activating group) is 1. The summed E-state index contributed by atoms with van der Waals surface area (Å²) in [5.74, 6) is 0. The van der Waals surface area contributed by atoms with Gasteiger partial charge in [0.05, 0.1) is 12.7 Å². The van der Waals surface area contributed by atoms with Crippen molar-refractivity contribution < 1.29 is 4.74 Å². The Kier molecular flexibility index (Phi) is 5.81. The minimum Gasteiger partial charge on any atom is -0.383 e. The van der Waals surface area contributed by atoms with Crippen LogP contribution in [0.3, 0.4) is 0 Å². The molecule has 2 N–H and O–H groups in total. The van der Waals surface area contributed by atoms with E-state index in [0.29, 0.717) is 19.1 Å². The Morgan fingerprint density at radius 2 is 2.00 bits per heavy atom. The number of hydrogen-bond donors (Lipinski definition) is 1. The molecule has 0 saturated carbocycles. The first-order valence-corrected chi connectivity index (χ1v) is 5.25. The molecule has 0 heterocycles. The molecule has 3 atom stereocenters. The first-order chi connectivity index (χ1) is 6.84. The molecule has 0 spiro atoms. The molecule has 0 aromatic heterocycles. The van der Waals surface area contributed by atoms with Gasteiger partial charge in [0, 0.05) is 19.2 Å². The van der Waals surface area contributed by atoms with Crippen LogP contribution >= 0.6 is 0 Å². The summed E-state index contributed by atoms with van der Waals surface area (Å²) in [5.41, 5.74) is 5.06. The number of nitriles is 1. The van der Waals surface area contributed by atoms with Gasteiger partial charge >= 0.3 is 0 Å². The Bertz CT molecular complexity index is 222. The summed E-state index contributed by atoms with van der Waals surface area (Å²) in [6, 6.07) is 2.72. The van der Waals surface area contributed by atoms with Gasteiger partial charge in [-0.3, -0.25) is 4.90 Å². The van der Waals surface area contributed by atoms with Crippen molar-refractivity contribution in [2.45, 2.75) is 44.8 Å². The summed E-state index contributed by atoms with van der Waals surface area (Å²) in [6.45, 7) is 6.63. The van der Waals surface area contributed by atoms with Crippen LogP contribution in [0.4, 0.5) is 0 Å². The first-order valence-electron chi connectivity index (χ1n) is 5.25. The maximum atomic E-state index is 8.85. The highest BCUT2D eigenvalue weighted by atomic mass is 16.5. The summed E-state index contributed by atoms with van der Waals surface area (Å²) in [6.07, 6.45) is 0.661. The van der Waals surface area contributed by atoms with E-state index in [0.717, 1.165) is 0 Å². The van der Waals surface area contributed by atoms with Crippen molar-refractivity contribution in [1.82, 2.24) is 4.90 Å². The monoisotopic (exact) mass is 213 g/mol. The predicted octanol–water partition coefficient (Wildman–Crippen LogP) is 0.973. The van der Waals surface area contributed by atoms with Crippen molar-refractivity contribution in [3.63, 3.8) is 0 Å². The molecule has 0 aromatic carbocycles.